The van der Waals surface area contributed by atoms with Gasteiger partial charge in [-0.05, 0) is 30.7 Å². The highest BCUT2D eigenvalue weighted by atomic mass is 32.2. The van der Waals surface area contributed by atoms with Gasteiger partial charge in [0, 0.05) is 20.9 Å². The molecule has 0 saturated heterocycles. The topological polar surface area (TPSA) is 140 Å². The number of amides is 1. The number of anilines is 1. The van der Waals surface area contributed by atoms with Crippen molar-refractivity contribution in [2.75, 3.05) is 24.4 Å². The lowest BCUT2D eigenvalue weighted by Crippen LogP contribution is -2.35. The van der Waals surface area contributed by atoms with Gasteiger partial charge in [-0.3, -0.25) is 5.10 Å². The second-order valence-electron chi connectivity index (χ2n) is 9.21. The van der Waals surface area contributed by atoms with Crippen LogP contribution in [0.3, 0.4) is 0 Å². The van der Waals surface area contributed by atoms with E-state index in [1.165, 1.54) is 12.1 Å². The summed E-state index contributed by atoms with van der Waals surface area (Å²) in [5, 5.41) is 9.80. The van der Waals surface area contributed by atoms with Crippen molar-refractivity contribution in [1.29, 1.82) is 0 Å². The minimum Gasteiger partial charge on any atom is -0.449 e. The number of nitrogens with one attached hydrogen (secondary N) is 3. The summed E-state index contributed by atoms with van der Waals surface area (Å²) in [6, 6.07) is 6.74. The van der Waals surface area contributed by atoms with Gasteiger partial charge in [0.25, 0.3) is 10.0 Å². The number of aromatic nitrogens is 4. The largest absolute Gasteiger partial charge is 0.449 e. The Morgan fingerprint density at radius 3 is 2.61 bits per heavy atom. The van der Waals surface area contributed by atoms with Crippen molar-refractivity contribution in [1.82, 2.24) is 24.5 Å². The summed E-state index contributed by atoms with van der Waals surface area (Å²) >= 11 is 0. The molecular weight excluding hydrogens is 507 g/mol. The predicted octanol–water partition coefficient (Wildman–Crippen LogP) is 3.84. The van der Waals surface area contributed by atoms with E-state index in [4.69, 9.17) is 4.74 Å². The van der Waals surface area contributed by atoms with Crippen LogP contribution in [0.25, 0.3) is 22.5 Å². The number of rotatable bonds is 12. The second-order valence-corrected chi connectivity index (χ2v) is 16.6. The molecule has 3 aromatic rings. The Morgan fingerprint density at radius 1 is 1.22 bits per heavy atom. The van der Waals surface area contributed by atoms with Crippen molar-refractivity contribution in [2.24, 2.45) is 0 Å². The molecule has 196 valence electrons. The van der Waals surface area contributed by atoms with Crippen LogP contribution in [0, 0.1) is 5.82 Å². The number of nitrogens with zero attached hydrogens (tertiary/aromatic N) is 3. The van der Waals surface area contributed by atoms with Gasteiger partial charge < -0.3 is 19.4 Å². The lowest BCUT2D eigenvalue weighted by atomic mass is 10.0. The molecule has 2 aromatic heterocycles. The van der Waals surface area contributed by atoms with Crippen molar-refractivity contribution in [2.45, 2.75) is 39.3 Å². The van der Waals surface area contributed by atoms with Gasteiger partial charge in [-0.1, -0.05) is 31.8 Å². The molecular formula is C22H31FN6O5SSi. The van der Waals surface area contributed by atoms with Crippen LogP contribution in [0.1, 0.15) is 6.92 Å². The van der Waals surface area contributed by atoms with Crippen molar-refractivity contribution in [3.63, 3.8) is 0 Å². The Kier molecular flexibility index (Phi) is 8.87. The number of sulfonamides is 1. The van der Waals surface area contributed by atoms with Gasteiger partial charge in [-0.25, -0.2) is 27.3 Å². The molecule has 11 nitrogen and oxygen atoms in total. The third-order valence-electron chi connectivity index (χ3n) is 4.97. The number of hydrogen-bond donors (Lipinski definition) is 3. The minimum atomic E-state index is -4.06. The van der Waals surface area contributed by atoms with Crippen LogP contribution in [0.5, 0.6) is 0 Å². The van der Waals surface area contributed by atoms with E-state index < -0.39 is 35.9 Å². The average Bonchev–Trinajstić information content (AvgIpc) is 3.42. The molecule has 0 bridgehead atoms. The summed E-state index contributed by atoms with van der Waals surface area (Å²) in [6.45, 7) is 9.44. The second kappa shape index (κ2) is 11.7. The monoisotopic (exact) mass is 538 g/mol. The van der Waals surface area contributed by atoms with E-state index in [1.54, 1.807) is 40.9 Å². The maximum Gasteiger partial charge on any atom is 0.420 e. The molecule has 0 aliphatic rings. The van der Waals surface area contributed by atoms with Gasteiger partial charge in [-0.15, -0.1) is 0 Å². The summed E-state index contributed by atoms with van der Waals surface area (Å²) < 4.78 is 52.1. The predicted molar refractivity (Wildman–Crippen MR) is 137 cm³/mol. The normalized spacial score (nSPS) is 11.9. The van der Waals surface area contributed by atoms with Gasteiger partial charge in [0.05, 0.1) is 24.2 Å². The number of hydrogen-bond acceptors (Lipinski definition) is 8. The Bertz CT molecular complexity index is 1270. The highest BCUT2D eigenvalue weighted by Gasteiger charge is 2.22. The maximum atomic E-state index is 13.6. The van der Waals surface area contributed by atoms with Crippen molar-refractivity contribution in [3.8, 4) is 22.5 Å². The van der Waals surface area contributed by atoms with E-state index in [0.29, 0.717) is 35.9 Å². The van der Waals surface area contributed by atoms with Gasteiger partial charge in [-0.2, -0.15) is 5.10 Å². The zero-order chi connectivity index (χ0) is 26.3. The minimum absolute atomic E-state index is 0.0300. The third-order valence-corrected chi connectivity index (χ3v) is 7.68. The zero-order valence-corrected chi connectivity index (χ0v) is 22.5. The number of benzene rings is 1. The number of halogens is 1. The number of carbonyl (C=O) groups is 1. The Balaban J connectivity index is 1.82. The Morgan fingerprint density at radius 2 is 1.94 bits per heavy atom. The van der Waals surface area contributed by atoms with Crippen LogP contribution >= 0.6 is 0 Å². The summed E-state index contributed by atoms with van der Waals surface area (Å²) in [7, 11) is -5.26. The van der Waals surface area contributed by atoms with E-state index in [9.17, 15) is 17.6 Å². The first-order valence-electron chi connectivity index (χ1n) is 11.3. The standard InChI is InChI=1S/C22H31FN6O5SSi/c1-5-34-22(30)28-35(31,32)14-25-21-19(16-6-8-17(23)9-7-16)20(26-27-21)18-12-29(13-24-18)15-33-10-11-36(2,3)4/h6-9,12-13H,5,10-11,14-15H2,1-4H3,(H,28,30)(H2,25,26,27). The third kappa shape index (κ3) is 7.89. The Labute approximate surface area is 210 Å². The first-order valence-corrected chi connectivity index (χ1v) is 16.7. The van der Waals surface area contributed by atoms with E-state index in [0.717, 1.165) is 6.04 Å². The smallest absolute Gasteiger partial charge is 0.420 e. The van der Waals surface area contributed by atoms with Crippen LogP contribution in [0.15, 0.2) is 36.8 Å². The number of aromatic amines is 1. The fourth-order valence-electron chi connectivity index (χ4n) is 3.15. The Hall–Kier alpha value is -3.23. The number of imidazole rings is 1. The van der Waals surface area contributed by atoms with Gasteiger partial charge in [0.2, 0.25) is 0 Å². The lowest BCUT2D eigenvalue weighted by Gasteiger charge is -2.15. The van der Waals surface area contributed by atoms with E-state index in [2.05, 4.69) is 44.9 Å². The fraction of sp³-hybridized carbons (Fsp3) is 0.409. The molecule has 3 N–H and O–H groups in total. The molecule has 0 radical (unpaired) electrons. The van der Waals surface area contributed by atoms with Crippen LogP contribution in [0.4, 0.5) is 15.0 Å². The van der Waals surface area contributed by atoms with E-state index in [1.807, 2.05) is 0 Å². The van der Waals surface area contributed by atoms with Crippen LogP contribution in [0.2, 0.25) is 25.7 Å². The molecule has 0 saturated carbocycles. The number of carbonyl (C=O) groups excluding carboxylic acids is 1. The van der Waals surface area contributed by atoms with Crippen molar-refractivity contribution in [3.05, 3.63) is 42.6 Å². The molecule has 0 spiro atoms. The molecule has 0 fully saturated rings. The molecule has 3 rings (SSSR count). The van der Waals surface area contributed by atoms with Gasteiger partial charge in [0.15, 0.2) is 5.82 Å². The first-order chi connectivity index (χ1) is 17.0. The van der Waals surface area contributed by atoms with Crippen LogP contribution in [-0.4, -0.2) is 61.4 Å². The molecule has 0 aliphatic carbocycles. The van der Waals surface area contributed by atoms with Crippen molar-refractivity contribution < 1.29 is 27.1 Å². The summed E-state index contributed by atoms with van der Waals surface area (Å²) in [5.41, 5.74) is 2.11. The van der Waals surface area contributed by atoms with Crippen LogP contribution in [-0.2, 0) is 26.2 Å². The quantitative estimate of drug-likeness (QED) is 0.233. The molecule has 1 aromatic carbocycles. The van der Waals surface area contributed by atoms with Crippen molar-refractivity contribution >= 4 is 30.0 Å². The lowest BCUT2D eigenvalue weighted by molar-refractivity contribution is 0.0871. The molecule has 0 aliphatic heterocycles. The molecule has 14 heteroatoms. The zero-order valence-electron chi connectivity index (χ0n) is 20.7. The SMILES string of the molecule is CCOC(=O)NS(=O)(=O)CNc1n[nH]c(-c2cn(COCC[Si](C)(C)C)cn2)c1-c1ccc(F)cc1. The highest BCUT2D eigenvalue weighted by molar-refractivity contribution is 7.90. The molecule has 0 atom stereocenters. The van der Waals surface area contributed by atoms with E-state index in [-0.39, 0.29) is 12.4 Å². The molecule has 0 unspecified atom stereocenters. The number of ether oxygens (including phenoxy) is 2. The summed E-state index contributed by atoms with van der Waals surface area (Å²) in [4.78, 5) is 15.9. The molecule has 2 heterocycles. The first kappa shape index (κ1) is 27.4. The molecule has 36 heavy (non-hydrogen) atoms. The van der Waals surface area contributed by atoms with Crippen LogP contribution < -0.4 is 10.0 Å². The maximum absolute atomic E-state index is 13.6. The van der Waals surface area contributed by atoms with E-state index >= 15 is 0 Å². The summed E-state index contributed by atoms with van der Waals surface area (Å²) in [6.07, 6.45) is 2.33. The average molecular weight is 539 g/mol. The van der Waals surface area contributed by atoms with Gasteiger partial charge in [0.1, 0.15) is 24.1 Å². The highest BCUT2D eigenvalue weighted by Crippen LogP contribution is 2.35. The molecule has 1 amide bonds. The number of H-pyrrole nitrogens is 1. The fourth-order valence-corrected chi connectivity index (χ4v) is 4.62. The summed E-state index contributed by atoms with van der Waals surface area (Å²) in [5.74, 6) is -0.880. The van der Waals surface area contributed by atoms with Gasteiger partial charge >= 0.3 is 6.09 Å².